The third kappa shape index (κ3) is 3.23. The molecule has 12 heteroatoms. The monoisotopic (exact) mass is 678 g/mol. The SMILES string of the molecule is C/C=C(\C)C(=O)OCC1(O)C2CC2C2(C)C3CC4(O)C5=C(C6=C(C)C(=O)OC6(O)C(O)C5(C)C5CC54)C34OC(=O)C(COC(C)=O)=C4CC12. The lowest BCUT2D eigenvalue weighted by Gasteiger charge is -2.64. The molecule has 9 rings (SSSR count). The smallest absolute Gasteiger partial charge is 0.338 e. The van der Waals surface area contributed by atoms with Gasteiger partial charge >= 0.3 is 23.9 Å². The average Bonchev–Trinajstić information content (AvgIpc) is 3.95. The molecule has 0 bridgehead atoms. The van der Waals surface area contributed by atoms with Gasteiger partial charge in [-0.1, -0.05) is 19.9 Å². The summed E-state index contributed by atoms with van der Waals surface area (Å²) in [6.45, 7) is 9.25. The normalized spacial score (nSPS) is 50.8. The van der Waals surface area contributed by atoms with E-state index in [9.17, 15) is 39.6 Å². The van der Waals surface area contributed by atoms with Crippen LogP contribution in [0.1, 0.15) is 67.2 Å². The lowest BCUT2D eigenvalue weighted by Crippen LogP contribution is -2.69. The molecule has 5 saturated carbocycles. The Balaban J connectivity index is 1.31. The fraction of sp³-hybridized carbons (Fsp3) is 0.676. The molecule has 0 radical (unpaired) electrons. The standard InChI is InChI=1S/C37H42O12/c1-7-14(2)28(39)47-13-35(44)22-8-19(22)32(5)23(35)10-18-17(12-46-16(4)38)30(41)48-36(18)24(32)11-34(43)21-9-20(21)33(6)27(34)26(36)25-15(3)29(40)49-37(25,45)31(33)42/h7,19-24,31,42-45H,8-13H2,1-6H3/b14-7+. The van der Waals surface area contributed by atoms with Crippen LogP contribution in [-0.2, 0) is 38.1 Å². The maximum atomic E-state index is 14.2. The largest absolute Gasteiger partial charge is 0.461 e. The van der Waals surface area contributed by atoms with E-state index in [1.807, 2.05) is 0 Å². The molecule has 262 valence electrons. The van der Waals surface area contributed by atoms with Crippen LogP contribution in [-0.4, -0.2) is 86.2 Å². The number of aliphatic hydroxyl groups excluding tert-OH is 1. The molecule has 0 saturated heterocycles. The van der Waals surface area contributed by atoms with Crippen LogP contribution in [0.3, 0.4) is 0 Å². The van der Waals surface area contributed by atoms with Crippen molar-refractivity contribution in [2.45, 2.75) is 95.9 Å². The molecule has 5 fully saturated rings. The van der Waals surface area contributed by atoms with Crippen molar-refractivity contribution in [3.05, 3.63) is 45.1 Å². The number of hydrogen-bond acceptors (Lipinski definition) is 12. The predicted molar refractivity (Wildman–Crippen MR) is 165 cm³/mol. The number of aliphatic hydroxyl groups is 4. The topological polar surface area (TPSA) is 186 Å². The van der Waals surface area contributed by atoms with Gasteiger partial charge in [-0.2, -0.15) is 0 Å². The van der Waals surface area contributed by atoms with Gasteiger partial charge in [0.2, 0.25) is 0 Å². The lowest BCUT2D eigenvalue weighted by atomic mass is 9.42. The quantitative estimate of drug-likeness (QED) is 0.188. The molecule has 1 spiro atoms. The van der Waals surface area contributed by atoms with E-state index in [0.717, 1.165) is 0 Å². The number of fused-ring (bicyclic) bond motifs is 9. The summed E-state index contributed by atoms with van der Waals surface area (Å²) in [5, 5.41) is 49.9. The first kappa shape index (κ1) is 31.6. The molecule has 2 heterocycles. The van der Waals surface area contributed by atoms with Crippen molar-refractivity contribution in [1.29, 1.82) is 0 Å². The average molecular weight is 679 g/mol. The summed E-state index contributed by atoms with van der Waals surface area (Å²) < 4.78 is 23.3. The van der Waals surface area contributed by atoms with Crippen LogP contribution in [0.2, 0.25) is 0 Å². The van der Waals surface area contributed by atoms with E-state index in [1.165, 1.54) is 13.8 Å². The van der Waals surface area contributed by atoms with Gasteiger partial charge in [0.05, 0.1) is 11.2 Å². The van der Waals surface area contributed by atoms with E-state index >= 15 is 0 Å². The maximum Gasteiger partial charge on any atom is 0.338 e. The first-order chi connectivity index (χ1) is 22.9. The molecule has 13 atom stereocenters. The van der Waals surface area contributed by atoms with Gasteiger partial charge in [-0.3, -0.25) is 4.79 Å². The lowest BCUT2D eigenvalue weighted by molar-refractivity contribution is -0.244. The molecule has 49 heavy (non-hydrogen) atoms. The number of esters is 4. The van der Waals surface area contributed by atoms with Crippen molar-refractivity contribution < 1.29 is 58.6 Å². The summed E-state index contributed by atoms with van der Waals surface area (Å²) >= 11 is 0. The van der Waals surface area contributed by atoms with Crippen LogP contribution >= 0.6 is 0 Å². The van der Waals surface area contributed by atoms with Gasteiger partial charge in [0.25, 0.3) is 5.79 Å². The van der Waals surface area contributed by atoms with Crippen molar-refractivity contribution >= 4 is 23.9 Å². The predicted octanol–water partition coefficient (Wildman–Crippen LogP) is 1.70. The second-order valence-electron chi connectivity index (χ2n) is 16.6. The van der Waals surface area contributed by atoms with Crippen LogP contribution in [0.25, 0.3) is 0 Å². The number of ether oxygens (including phenoxy) is 4. The van der Waals surface area contributed by atoms with Gasteiger partial charge in [0.15, 0.2) is 5.60 Å². The molecule has 7 aliphatic carbocycles. The van der Waals surface area contributed by atoms with Gasteiger partial charge in [-0.05, 0) is 86.7 Å². The minimum atomic E-state index is -2.46. The molecule has 0 aromatic carbocycles. The molecule has 2 aliphatic heterocycles. The third-order valence-corrected chi connectivity index (χ3v) is 14.9. The summed E-state index contributed by atoms with van der Waals surface area (Å²) in [5.74, 6) is -7.23. The molecular weight excluding hydrogens is 636 g/mol. The second-order valence-corrected chi connectivity index (χ2v) is 16.6. The van der Waals surface area contributed by atoms with E-state index in [0.29, 0.717) is 35.1 Å². The highest BCUT2D eigenvalue weighted by molar-refractivity contribution is 5.98. The number of hydrogen-bond donors (Lipinski definition) is 4. The van der Waals surface area contributed by atoms with E-state index in [2.05, 4.69) is 6.92 Å². The summed E-state index contributed by atoms with van der Waals surface area (Å²) in [4.78, 5) is 52.3. The van der Waals surface area contributed by atoms with Crippen LogP contribution in [0.4, 0.5) is 0 Å². The zero-order chi connectivity index (χ0) is 35.2. The van der Waals surface area contributed by atoms with Gasteiger partial charge in [0.1, 0.15) is 24.9 Å². The fourth-order valence-corrected chi connectivity index (χ4v) is 12.6. The van der Waals surface area contributed by atoms with Crippen molar-refractivity contribution in [2.24, 2.45) is 46.3 Å². The van der Waals surface area contributed by atoms with E-state index in [1.54, 1.807) is 26.8 Å². The van der Waals surface area contributed by atoms with E-state index in [-0.39, 0.29) is 59.8 Å². The van der Waals surface area contributed by atoms with Crippen molar-refractivity contribution in [3.63, 3.8) is 0 Å². The summed E-state index contributed by atoms with van der Waals surface area (Å²) in [6.07, 6.45) is 1.49. The van der Waals surface area contributed by atoms with Gasteiger partial charge in [-0.25, -0.2) is 14.4 Å². The molecule has 0 amide bonds. The highest BCUT2D eigenvalue weighted by Gasteiger charge is 2.87. The Hall–Kier alpha value is -3.32. The molecule has 13 unspecified atom stereocenters. The summed E-state index contributed by atoms with van der Waals surface area (Å²) in [5.41, 5.74) is -4.87. The Labute approximate surface area is 282 Å². The summed E-state index contributed by atoms with van der Waals surface area (Å²) in [7, 11) is 0. The minimum absolute atomic E-state index is 0.000602. The Morgan fingerprint density at radius 3 is 2.31 bits per heavy atom. The number of carbonyl (C=O) groups is 4. The first-order valence-electron chi connectivity index (χ1n) is 17.3. The van der Waals surface area contributed by atoms with Gasteiger partial charge in [0, 0.05) is 46.5 Å². The zero-order valence-electron chi connectivity index (χ0n) is 28.4. The highest BCUT2D eigenvalue weighted by Crippen LogP contribution is 2.84. The number of allylic oxidation sites excluding steroid dienone is 1. The molecule has 4 N–H and O–H groups in total. The number of carbonyl (C=O) groups excluding carboxylic acids is 4. The first-order valence-corrected chi connectivity index (χ1v) is 17.3. The Bertz CT molecular complexity index is 1850. The Morgan fingerprint density at radius 2 is 1.63 bits per heavy atom. The van der Waals surface area contributed by atoms with Gasteiger partial charge in [-0.15, -0.1) is 0 Å². The maximum absolute atomic E-state index is 14.2. The van der Waals surface area contributed by atoms with Gasteiger partial charge < -0.3 is 39.4 Å². The second kappa shape index (κ2) is 8.93. The zero-order valence-corrected chi connectivity index (χ0v) is 28.4. The fourth-order valence-electron chi connectivity index (χ4n) is 12.6. The van der Waals surface area contributed by atoms with Crippen LogP contribution in [0.15, 0.2) is 45.1 Å². The minimum Gasteiger partial charge on any atom is -0.461 e. The van der Waals surface area contributed by atoms with Crippen molar-refractivity contribution in [3.8, 4) is 0 Å². The molecule has 0 aromatic rings. The van der Waals surface area contributed by atoms with E-state index < -0.39 is 81.8 Å². The van der Waals surface area contributed by atoms with Crippen LogP contribution in [0.5, 0.6) is 0 Å². The molecule has 12 nitrogen and oxygen atoms in total. The van der Waals surface area contributed by atoms with Crippen molar-refractivity contribution in [2.75, 3.05) is 13.2 Å². The van der Waals surface area contributed by atoms with Crippen LogP contribution in [0, 0.1) is 46.3 Å². The highest BCUT2D eigenvalue weighted by atomic mass is 16.7. The van der Waals surface area contributed by atoms with Crippen molar-refractivity contribution in [1.82, 2.24) is 0 Å². The Kier molecular flexibility index (Phi) is 5.77. The molecule has 0 aromatic heterocycles. The number of rotatable bonds is 5. The Morgan fingerprint density at radius 1 is 0.939 bits per heavy atom. The summed E-state index contributed by atoms with van der Waals surface area (Å²) in [6, 6.07) is 0. The van der Waals surface area contributed by atoms with Crippen LogP contribution < -0.4 is 0 Å². The molecule has 9 aliphatic rings. The third-order valence-electron chi connectivity index (χ3n) is 14.9. The molecular formula is C37H42O12. The van der Waals surface area contributed by atoms with E-state index in [4.69, 9.17) is 18.9 Å².